The molecule has 0 saturated heterocycles. The Morgan fingerprint density at radius 1 is 1.09 bits per heavy atom. The van der Waals surface area contributed by atoms with Crippen LogP contribution in [-0.2, 0) is 0 Å². The van der Waals surface area contributed by atoms with Crippen LogP contribution in [0.1, 0.15) is 10.4 Å². The lowest BCUT2D eigenvalue weighted by Crippen LogP contribution is -2.21. The number of hydrogen-bond acceptors (Lipinski definition) is 4. The van der Waals surface area contributed by atoms with Crippen molar-refractivity contribution >= 4 is 70.5 Å². The molecule has 3 aromatic rings. The molecular formula is C15H7Br3N2O3. The van der Waals surface area contributed by atoms with Gasteiger partial charge in [-0.3, -0.25) is 4.79 Å². The molecule has 0 atom stereocenters. The number of carbonyl (C=O) groups is 1. The smallest absolute Gasteiger partial charge is 0.349 e. The average molecular weight is 503 g/mol. The van der Waals surface area contributed by atoms with Crippen LogP contribution in [0.2, 0.25) is 0 Å². The van der Waals surface area contributed by atoms with Gasteiger partial charge in [-0.25, -0.2) is 9.78 Å². The Morgan fingerprint density at radius 3 is 2.61 bits per heavy atom. The zero-order chi connectivity index (χ0) is 16.6. The predicted molar refractivity (Wildman–Crippen MR) is 97.8 cm³/mol. The number of benzene rings is 1. The van der Waals surface area contributed by atoms with Gasteiger partial charge in [0.15, 0.2) is 0 Å². The van der Waals surface area contributed by atoms with Crippen molar-refractivity contribution in [2.75, 3.05) is 5.32 Å². The number of nitrogens with one attached hydrogen (secondary N) is 1. The Hall–Kier alpha value is -1.51. The molecule has 2 heterocycles. The molecule has 2 aromatic heterocycles. The third-order valence-corrected chi connectivity index (χ3v) is 4.51. The van der Waals surface area contributed by atoms with Gasteiger partial charge in [-0.1, -0.05) is 15.9 Å². The highest BCUT2D eigenvalue weighted by Crippen LogP contribution is 2.24. The van der Waals surface area contributed by atoms with Crippen LogP contribution in [0.4, 0.5) is 5.82 Å². The van der Waals surface area contributed by atoms with E-state index in [2.05, 4.69) is 58.1 Å². The number of nitrogens with zero attached hydrogens (tertiary/aromatic N) is 1. The fourth-order valence-corrected chi connectivity index (χ4v) is 3.40. The predicted octanol–water partition coefficient (Wildman–Crippen LogP) is 4.73. The summed E-state index contributed by atoms with van der Waals surface area (Å²) in [5.41, 5.74) is -0.379. The summed E-state index contributed by atoms with van der Waals surface area (Å²) in [5.74, 6) is -0.275. The molecule has 0 aliphatic rings. The summed E-state index contributed by atoms with van der Waals surface area (Å²) in [7, 11) is 0. The summed E-state index contributed by atoms with van der Waals surface area (Å²) in [6.45, 7) is 0. The molecule has 0 radical (unpaired) electrons. The Kier molecular flexibility index (Phi) is 4.65. The van der Waals surface area contributed by atoms with E-state index in [9.17, 15) is 9.59 Å². The summed E-state index contributed by atoms with van der Waals surface area (Å²) in [6.07, 6.45) is 1.54. The van der Waals surface area contributed by atoms with E-state index < -0.39 is 11.5 Å². The molecule has 0 fully saturated rings. The molecular weight excluding hydrogens is 496 g/mol. The third kappa shape index (κ3) is 3.54. The van der Waals surface area contributed by atoms with Crippen molar-refractivity contribution < 1.29 is 9.21 Å². The minimum absolute atomic E-state index is 0.0905. The van der Waals surface area contributed by atoms with E-state index in [0.29, 0.717) is 21.3 Å². The summed E-state index contributed by atoms with van der Waals surface area (Å²) >= 11 is 9.92. The molecule has 5 nitrogen and oxygen atoms in total. The Labute approximate surface area is 155 Å². The van der Waals surface area contributed by atoms with Crippen LogP contribution in [-0.4, -0.2) is 10.9 Å². The van der Waals surface area contributed by atoms with Crippen molar-refractivity contribution in [3.8, 4) is 0 Å². The van der Waals surface area contributed by atoms with Crippen LogP contribution in [0.5, 0.6) is 0 Å². The molecule has 0 aliphatic heterocycles. The van der Waals surface area contributed by atoms with Gasteiger partial charge in [0.1, 0.15) is 17.0 Å². The monoisotopic (exact) mass is 500 g/mol. The van der Waals surface area contributed by atoms with Crippen molar-refractivity contribution in [1.29, 1.82) is 0 Å². The third-order valence-electron chi connectivity index (χ3n) is 2.98. The van der Waals surface area contributed by atoms with Crippen LogP contribution in [0.3, 0.4) is 0 Å². The summed E-state index contributed by atoms with van der Waals surface area (Å²) in [4.78, 5) is 28.4. The van der Waals surface area contributed by atoms with Crippen molar-refractivity contribution in [3.05, 3.63) is 65.9 Å². The Morgan fingerprint density at radius 2 is 1.87 bits per heavy atom. The van der Waals surface area contributed by atoms with E-state index in [-0.39, 0.29) is 5.56 Å². The van der Waals surface area contributed by atoms with Crippen LogP contribution >= 0.6 is 47.8 Å². The molecule has 23 heavy (non-hydrogen) atoms. The number of hydrogen-bond donors (Lipinski definition) is 1. The standard InChI is InChI=1S/C15H7Br3N2O3/c16-8-1-2-12-7(3-8)4-10(15(22)23-12)14(21)20-13-11(18)5-9(17)6-19-13/h1-6H,(H,19,20,21). The van der Waals surface area contributed by atoms with E-state index in [1.807, 2.05) is 0 Å². The van der Waals surface area contributed by atoms with Crippen LogP contribution in [0.25, 0.3) is 11.0 Å². The number of anilines is 1. The van der Waals surface area contributed by atoms with Crippen molar-refractivity contribution in [1.82, 2.24) is 4.98 Å². The average Bonchev–Trinajstić information content (AvgIpc) is 2.49. The van der Waals surface area contributed by atoms with E-state index >= 15 is 0 Å². The van der Waals surface area contributed by atoms with Gasteiger partial charge >= 0.3 is 5.63 Å². The summed E-state index contributed by atoms with van der Waals surface area (Å²) in [6, 6.07) is 8.42. The SMILES string of the molecule is O=C(Nc1ncc(Br)cc1Br)c1cc2cc(Br)ccc2oc1=O. The molecule has 1 aromatic carbocycles. The fourth-order valence-electron chi connectivity index (χ4n) is 1.93. The molecule has 3 rings (SSSR count). The zero-order valence-corrected chi connectivity index (χ0v) is 16.0. The first-order valence-electron chi connectivity index (χ1n) is 6.30. The molecule has 8 heteroatoms. The quantitative estimate of drug-likeness (QED) is 0.514. The fraction of sp³-hybridized carbons (Fsp3) is 0. The lowest BCUT2D eigenvalue weighted by molar-refractivity contribution is 0.102. The highest BCUT2D eigenvalue weighted by molar-refractivity contribution is 9.11. The highest BCUT2D eigenvalue weighted by Gasteiger charge is 2.16. The molecule has 1 N–H and O–H groups in total. The molecule has 0 unspecified atom stereocenters. The molecule has 0 bridgehead atoms. The largest absolute Gasteiger partial charge is 0.422 e. The van der Waals surface area contributed by atoms with Gasteiger partial charge in [0.2, 0.25) is 0 Å². The van der Waals surface area contributed by atoms with Crippen molar-refractivity contribution in [3.63, 3.8) is 0 Å². The number of pyridine rings is 1. The van der Waals surface area contributed by atoms with Gasteiger partial charge in [-0.15, -0.1) is 0 Å². The first-order chi connectivity index (χ1) is 10.9. The van der Waals surface area contributed by atoms with E-state index in [4.69, 9.17) is 4.42 Å². The number of aromatic nitrogens is 1. The lowest BCUT2D eigenvalue weighted by Gasteiger charge is -2.06. The number of halogens is 3. The van der Waals surface area contributed by atoms with E-state index in [1.54, 1.807) is 30.5 Å². The van der Waals surface area contributed by atoms with Crippen molar-refractivity contribution in [2.45, 2.75) is 0 Å². The maximum Gasteiger partial charge on any atom is 0.349 e. The number of amides is 1. The minimum atomic E-state index is -0.703. The second-order valence-corrected chi connectivity index (χ2v) is 7.25. The number of rotatable bonds is 2. The maximum absolute atomic E-state index is 12.3. The molecule has 116 valence electrons. The molecule has 0 aliphatic carbocycles. The second-order valence-electron chi connectivity index (χ2n) is 4.57. The van der Waals surface area contributed by atoms with E-state index in [0.717, 1.165) is 8.95 Å². The van der Waals surface area contributed by atoms with Gasteiger partial charge in [-0.05, 0) is 62.2 Å². The van der Waals surface area contributed by atoms with Gasteiger partial charge in [-0.2, -0.15) is 0 Å². The van der Waals surface area contributed by atoms with Crippen LogP contribution < -0.4 is 10.9 Å². The summed E-state index contributed by atoms with van der Waals surface area (Å²) in [5, 5.41) is 3.23. The van der Waals surface area contributed by atoms with Gasteiger partial charge in [0.05, 0.1) is 4.47 Å². The maximum atomic E-state index is 12.3. The molecule has 0 spiro atoms. The van der Waals surface area contributed by atoms with Gasteiger partial charge in [0, 0.05) is 20.5 Å². The lowest BCUT2D eigenvalue weighted by atomic mass is 10.2. The van der Waals surface area contributed by atoms with Crippen LogP contribution in [0.15, 0.2) is 59.2 Å². The van der Waals surface area contributed by atoms with E-state index in [1.165, 1.54) is 6.07 Å². The topological polar surface area (TPSA) is 72.2 Å². The van der Waals surface area contributed by atoms with Gasteiger partial charge in [0.25, 0.3) is 5.91 Å². The molecule has 0 saturated carbocycles. The zero-order valence-electron chi connectivity index (χ0n) is 11.3. The number of carbonyl (C=O) groups excluding carboxylic acids is 1. The minimum Gasteiger partial charge on any atom is -0.422 e. The highest BCUT2D eigenvalue weighted by atomic mass is 79.9. The first-order valence-corrected chi connectivity index (χ1v) is 8.68. The van der Waals surface area contributed by atoms with Crippen molar-refractivity contribution in [2.24, 2.45) is 0 Å². The van der Waals surface area contributed by atoms with Crippen LogP contribution in [0, 0.1) is 0 Å². The number of fused-ring (bicyclic) bond motifs is 1. The molecule has 1 amide bonds. The summed E-state index contributed by atoms with van der Waals surface area (Å²) < 4.78 is 7.35. The Bertz CT molecular complexity index is 985. The normalized spacial score (nSPS) is 10.7. The first kappa shape index (κ1) is 16.4. The van der Waals surface area contributed by atoms with Gasteiger partial charge < -0.3 is 9.73 Å². The Balaban J connectivity index is 2.00. The second kappa shape index (κ2) is 6.54.